The second kappa shape index (κ2) is 8.94. The third-order valence-electron chi connectivity index (χ3n) is 3.83. The van der Waals surface area contributed by atoms with Crippen molar-refractivity contribution in [1.29, 1.82) is 0 Å². The zero-order valence-corrected chi connectivity index (χ0v) is 17.0. The fourth-order valence-corrected chi connectivity index (χ4v) is 3.40. The van der Waals surface area contributed by atoms with Crippen LogP contribution in [0.3, 0.4) is 0 Å². The van der Waals surface area contributed by atoms with Crippen molar-refractivity contribution >= 4 is 35.0 Å². The number of aromatic nitrogens is 4. The monoisotopic (exact) mass is 419 g/mol. The summed E-state index contributed by atoms with van der Waals surface area (Å²) < 4.78 is 12.2. The van der Waals surface area contributed by atoms with Gasteiger partial charge in [-0.25, -0.2) is 0 Å². The maximum Gasteiger partial charge on any atom is 0.237 e. The van der Waals surface area contributed by atoms with Crippen LogP contribution in [0.5, 0.6) is 11.5 Å². The van der Waals surface area contributed by atoms with Crippen LogP contribution in [0, 0.1) is 0 Å². The maximum absolute atomic E-state index is 12.7. The highest BCUT2D eigenvalue weighted by atomic mass is 35.5. The van der Waals surface area contributed by atoms with Crippen LogP contribution in [0.2, 0.25) is 5.02 Å². The van der Waals surface area contributed by atoms with E-state index in [9.17, 15) is 4.79 Å². The number of halogens is 1. The molecule has 1 unspecified atom stereocenters. The zero-order valence-electron chi connectivity index (χ0n) is 15.4. The van der Waals surface area contributed by atoms with Crippen molar-refractivity contribution in [3.63, 3.8) is 0 Å². The fraction of sp³-hybridized carbons (Fsp3) is 0.222. The van der Waals surface area contributed by atoms with Gasteiger partial charge < -0.3 is 14.8 Å². The lowest BCUT2D eigenvalue weighted by atomic mass is 10.3. The van der Waals surface area contributed by atoms with E-state index >= 15 is 0 Å². The summed E-state index contributed by atoms with van der Waals surface area (Å²) in [6.07, 6.45) is 0. The van der Waals surface area contributed by atoms with E-state index in [2.05, 4.69) is 20.8 Å². The Balaban J connectivity index is 1.77. The zero-order chi connectivity index (χ0) is 20.1. The third-order valence-corrected chi connectivity index (χ3v) is 5.09. The highest BCUT2D eigenvalue weighted by Crippen LogP contribution is 2.30. The lowest BCUT2D eigenvalue weighted by molar-refractivity contribution is -0.115. The number of tetrazole rings is 1. The van der Waals surface area contributed by atoms with Crippen LogP contribution < -0.4 is 14.8 Å². The van der Waals surface area contributed by atoms with Gasteiger partial charge in [-0.05, 0) is 47.7 Å². The number of nitrogens with one attached hydrogen (secondary N) is 1. The number of ether oxygens (including phenoxy) is 2. The minimum atomic E-state index is -0.483. The van der Waals surface area contributed by atoms with Crippen LogP contribution in [0.15, 0.2) is 47.6 Å². The van der Waals surface area contributed by atoms with Crippen LogP contribution in [-0.2, 0) is 4.79 Å². The number of rotatable bonds is 7. The van der Waals surface area contributed by atoms with Gasteiger partial charge in [0.15, 0.2) is 0 Å². The van der Waals surface area contributed by atoms with Crippen LogP contribution in [-0.4, -0.2) is 45.6 Å². The number of thioether (sulfide) groups is 1. The predicted octanol–water partition coefficient (Wildman–Crippen LogP) is 3.45. The van der Waals surface area contributed by atoms with Crippen molar-refractivity contribution < 1.29 is 14.3 Å². The Bertz CT molecular complexity index is 981. The molecule has 3 aromatic rings. The molecular weight excluding hydrogens is 402 g/mol. The molecule has 3 rings (SSSR count). The van der Waals surface area contributed by atoms with Gasteiger partial charge in [-0.2, -0.15) is 4.68 Å². The molecule has 146 valence electrons. The van der Waals surface area contributed by atoms with Crippen molar-refractivity contribution in [2.45, 2.75) is 17.3 Å². The van der Waals surface area contributed by atoms with E-state index < -0.39 is 5.25 Å². The molecule has 0 aliphatic heterocycles. The average molecular weight is 420 g/mol. The molecule has 0 radical (unpaired) electrons. The number of hydrogen-bond donors (Lipinski definition) is 1. The Labute approximate surface area is 171 Å². The summed E-state index contributed by atoms with van der Waals surface area (Å²) in [5.41, 5.74) is 1.18. The highest BCUT2D eigenvalue weighted by molar-refractivity contribution is 8.00. The molecule has 8 nitrogen and oxygen atoms in total. The molecule has 0 aliphatic rings. The Hall–Kier alpha value is -2.78. The van der Waals surface area contributed by atoms with E-state index in [1.54, 1.807) is 32.2 Å². The topological polar surface area (TPSA) is 91.2 Å². The number of nitrogens with zero attached hydrogens (tertiary/aromatic N) is 4. The Morgan fingerprint density at radius 2 is 1.93 bits per heavy atom. The van der Waals surface area contributed by atoms with Crippen LogP contribution in [0.25, 0.3) is 5.69 Å². The number of amides is 1. The minimum Gasteiger partial charge on any atom is -0.495 e. The van der Waals surface area contributed by atoms with Crippen molar-refractivity contribution in [3.05, 3.63) is 47.5 Å². The number of methoxy groups -OCH3 is 2. The number of para-hydroxylation sites is 2. The maximum atomic E-state index is 12.7. The summed E-state index contributed by atoms with van der Waals surface area (Å²) in [4.78, 5) is 12.7. The van der Waals surface area contributed by atoms with Crippen molar-refractivity contribution in [2.75, 3.05) is 19.5 Å². The fourth-order valence-electron chi connectivity index (χ4n) is 2.43. The molecule has 0 spiro atoms. The molecule has 0 aliphatic carbocycles. The van der Waals surface area contributed by atoms with Crippen molar-refractivity contribution in [2.24, 2.45) is 0 Å². The number of hydrogen-bond acceptors (Lipinski definition) is 7. The van der Waals surface area contributed by atoms with E-state index in [1.165, 1.54) is 23.6 Å². The summed E-state index contributed by atoms with van der Waals surface area (Å²) >= 11 is 7.24. The molecule has 0 saturated heterocycles. The first kappa shape index (κ1) is 20.0. The number of anilines is 1. The summed E-state index contributed by atoms with van der Waals surface area (Å²) in [7, 11) is 3.10. The van der Waals surface area contributed by atoms with Gasteiger partial charge in [0.2, 0.25) is 11.1 Å². The SMILES string of the molecule is COc1ccc(Cl)cc1NC(=O)C(C)Sc1nnnn1-c1ccccc1OC. The van der Waals surface area contributed by atoms with Gasteiger partial charge in [0.1, 0.15) is 17.2 Å². The molecule has 0 saturated carbocycles. The van der Waals surface area contributed by atoms with Crippen molar-refractivity contribution in [3.8, 4) is 17.2 Å². The molecule has 1 atom stereocenters. The molecule has 1 amide bonds. The van der Waals surface area contributed by atoms with Gasteiger partial charge >= 0.3 is 0 Å². The summed E-state index contributed by atoms with van der Waals surface area (Å²) in [5.74, 6) is 0.909. The second-order valence-electron chi connectivity index (χ2n) is 5.64. The Morgan fingerprint density at radius 3 is 2.68 bits per heavy atom. The van der Waals surface area contributed by atoms with Gasteiger partial charge in [-0.3, -0.25) is 4.79 Å². The molecular formula is C18H18ClN5O3S. The molecule has 1 N–H and O–H groups in total. The van der Waals surface area contributed by atoms with Gasteiger partial charge in [0.05, 0.1) is 25.2 Å². The molecule has 28 heavy (non-hydrogen) atoms. The number of benzene rings is 2. The van der Waals surface area contributed by atoms with Gasteiger partial charge in [-0.1, -0.05) is 35.5 Å². The van der Waals surface area contributed by atoms with Gasteiger partial charge in [-0.15, -0.1) is 5.10 Å². The lowest BCUT2D eigenvalue weighted by Gasteiger charge is -2.14. The van der Waals surface area contributed by atoms with Crippen molar-refractivity contribution in [1.82, 2.24) is 20.2 Å². The Kier molecular flexibility index (Phi) is 6.37. The van der Waals surface area contributed by atoms with E-state index in [-0.39, 0.29) is 5.91 Å². The smallest absolute Gasteiger partial charge is 0.237 e. The molecule has 2 aromatic carbocycles. The normalized spacial score (nSPS) is 11.7. The van der Waals surface area contributed by atoms with E-state index in [4.69, 9.17) is 21.1 Å². The van der Waals surface area contributed by atoms with Crippen LogP contribution >= 0.6 is 23.4 Å². The molecule has 1 aromatic heterocycles. The highest BCUT2D eigenvalue weighted by Gasteiger charge is 2.21. The first-order valence-corrected chi connectivity index (χ1v) is 9.52. The standard InChI is InChI=1S/C18H18ClN5O3S/c1-11(17(25)20-13-10-12(19)8-9-15(13)26-2)28-18-21-22-23-24(18)14-6-4-5-7-16(14)27-3/h4-11H,1-3H3,(H,20,25). The number of carbonyl (C=O) groups is 1. The molecule has 10 heteroatoms. The minimum absolute atomic E-state index is 0.236. The molecule has 0 bridgehead atoms. The summed E-state index contributed by atoms with van der Waals surface area (Å²) in [5, 5.41) is 15.1. The van der Waals surface area contributed by atoms with Crippen LogP contribution in [0.4, 0.5) is 5.69 Å². The lowest BCUT2D eigenvalue weighted by Crippen LogP contribution is -2.23. The quantitative estimate of drug-likeness (QED) is 0.586. The summed E-state index contributed by atoms with van der Waals surface area (Å²) in [6, 6.07) is 12.4. The largest absolute Gasteiger partial charge is 0.495 e. The van der Waals surface area contributed by atoms with E-state index in [0.29, 0.717) is 33.1 Å². The van der Waals surface area contributed by atoms with Gasteiger partial charge in [0, 0.05) is 5.02 Å². The average Bonchev–Trinajstić information content (AvgIpc) is 3.16. The predicted molar refractivity (Wildman–Crippen MR) is 108 cm³/mol. The number of carbonyl (C=O) groups excluding carboxylic acids is 1. The first-order valence-electron chi connectivity index (χ1n) is 8.26. The third kappa shape index (κ3) is 4.37. The Morgan fingerprint density at radius 1 is 1.18 bits per heavy atom. The van der Waals surface area contributed by atoms with E-state index in [0.717, 1.165) is 0 Å². The summed E-state index contributed by atoms with van der Waals surface area (Å²) in [6.45, 7) is 1.76. The van der Waals surface area contributed by atoms with Crippen LogP contribution in [0.1, 0.15) is 6.92 Å². The molecule has 0 fully saturated rings. The second-order valence-corrected chi connectivity index (χ2v) is 7.38. The van der Waals surface area contributed by atoms with Gasteiger partial charge in [0.25, 0.3) is 0 Å². The molecule has 1 heterocycles. The first-order chi connectivity index (χ1) is 13.5. The van der Waals surface area contributed by atoms with E-state index in [1.807, 2.05) is 24.3 Å².